The summed E-state index contributed by atoms with van der Waals surface area (Å²) in [6, 6.07) is 0. The number of thiazole rings is 1. The molecule has 1 aliphatic rings. The lowest BCUT2D eigenvalue weighted by Gasteiger charge is -2.14. The van der Waals surface area contributed by atoms with Crippen LogP contribution in [0.15, 0.2) is 0 Å². The molecule has 0 aromatic carbocycles. The Kier molecular flexibility index (Phi) is 3.18. The largest absolute Gasteiger partial charge is 0.303 e. The van der Waals surface area contributed by atoms with Crippen molar-refractivity contribution in [2.75, 3.05) is 17.8 Å². The Morgan fingerprint density at radius 1 is 1.31 bits per heavy atom. The smallest absolute Gasteiger partial charge is 0.246 e. The van der Waals surface area contributed by atoms with E-state index < -0.39 is 10.2 Å². The minimum absolute atomic E-state index is 0.460. The van der Waals surface area contributed by atoms with Gasteiger partial charge in [0.05, 0.1) is 5.69 Å². The van der Waals surface area contributed by atoms with Gasteiger partial charge in [0.25, 0.3) is 0 Å². The van der Waals surface area contributed by atoms with Gasteiger partial charge in [-0.3, -0.25) is 0 Å². The monoisotopic (exact) mass is 261 g/mol. The molecule has 16 heavy (non-hydrogen) atoms. The van der Waals surface area contributed by atoms with Crippen LogP contribution in [-0.2, 0) is 10.2 Å². The molecule has 5 nitrogen and oxygen atoms in total. The molecular formula is C9H15N3O2S2. The summed E-state index contributed by atoms with van der Waals surface area (Å²) in [6.07, 6.45) is 1.88. The molecule has 0 saturated carbocycles. The third-order valence-corrected chi connectivity index (χ3v) is 5.26. The fourth-order valence-electron chi connectivity index (χ4n) is 1.62. The average molecular weight is 261 g/mol. The SMILES string of the molecule is Cc1nc(NS(=O)(=O)N2CCCC2)sc1C. The summed E-state index contributed by atoms with van der Waals surface area (Å²) in [6.45, 7) is 5.03. The molecule has 1 N–H and O–H groups in total. The highest BCUT2D eigenvalue weighted by molar-refractivity contribution is 7.90. The van der Waals surface area contributed by atoms with E-state index in [1.165, 1.54) is 15.6 Å². The molecule has 7 heteroatoms. The molecule has 1 fully saturated rings. The van der Waals surface area contributed by atoms with Crippen molar-refractivity contribution in [1.82, 2.24) is 9.29 Å². The second kappa shape index (κ2) is 4.31. The van der Waals surface area contributed by atoms with E-state index in [0.29, 0.717) is 18.2 Å². The number of rotatable bonds is 3. The van der Waals surface area contributed by atoms with Gasteiger partial charge in [-0.2, -0.15) is 12.7 Å². The first-order valence-electron chi connectivity index (χ1n) is 5.21. The van der Waals surface area contributed by atoms with E-state index >= 15 is 0 Å². The van der Waals surface area contributed by atoms with E-state index in [9.17, 15) is 8.42 Å². The summed E-state index contributed by atoms with van der Waals surface area (Å²) in [7, 11) is -3.39. The van der Waals surface area contributed by atoms with Gasteiger partial charge in [-0.25, -0.2) is 9.71 Å². The Labute approximate surface area is 99.7 Å². The predicted octanol–water partition coefficient (Wildman–Crippen LogP) is 1.51. The Morgan fingerprint density at radius 3 is 2.44 bits per heavy atom. The molecule has 0 spiro atoms. The van der Waals surface area contributed by atoms with Gasteiger partial charge in [0, 0.05) is 18.0 Å². The second-order valence-electron chi connectivity index (χ2n) is 3.87. The van der Waals surface area contributed by atoms with E-state index in [-0.39, 0.29) is 0 Å². The first kappa shape index (κ1) is 11.8. The quantitative estimate of drug-likeness (QED) is 0.897. The molecule has 2 heterocycles. The van der Waals surface area contributed by atoms with Crippen molar-refractivity contribution in [2.45, 2.75) is 26.7 Å². The standard InChI is InChI=1S/C9H15N3O2S2/c1-7-8(2)15-9(10-7)11-16(13,14)12-5-3-4-6-12/h3-6H2,1-2H3,(H,10,11). The Balaban J connectivity index is 2.14. The third-order valence-electron chi connectivity index (χ3n) is 2.65. The maximum atomic E-state index is 11.9. The third kappa shape index (κ3) is 2.36. The van der Waals surface area contributed by atoms with Crippen molar-refractivity contribution in [1.29, 1.82) is 0 Å². The highest BCUT2D eigenvalue weighted by atomic mass is 32.2. The fourth-order valence-corrected chi connectivity index (χ4v) is 3.90. The van der Waals surface area contributed by atoms with E-state index in [2.05, 4.69) is 9.71 Å². The van der Waals surface area contributed by atoms with Crippen LogP contribution >= 0.6 is 11.3 Å². The van der Waals surface area contributed by atoms with Crippen molar-refractivity contribution in [3.05, 3.63) is 10.6 Å². The van der Waals surface area contributed by atoms with Crippen LogP contribution in [0.1, 0.15) is 23.4 Å². The molecule has 1 aromatic heterocycles. The highest BCUT2D eigenvalue weighted by Crippen LogP contribution is 2.23. The molecule has 1 saturated heterocycles. The minimum atomic E-state index is -3.39. The first-order chi connectivity index (χ1) is 7.49. The van der Waals surface area contributed by atoms with Crippen molar-refractivity contribution in [3.8, 4) is 0 Å². The zero-order chi connectivity index (χ0) is 11.8. The number of anilines is 1. The van der Waals surface area contributed by atoms with Gasteiger partial charge in [0.15, 0.2) is 5.13 Å². The van der Waals surface area contributed by atoms with Crippen molar-refractivity contribution in [2.24, 2.45) is 0 Å². The number of hydrogen-bond acceptors (Lipinski definition) is 4. The highest BCUT2D eigenvalue weighted by Gasteiger charge is 2.26. The van der Waals surface area contributed by atoms with Gasteiger partial charge >= 0.3 is 10.2 Å². The fraction of sp³-hybridized carbons (Fsp3) is 0.667. The number of nitrogens with one attached hydrogen (secondary N) is 1. The normalized spacial score (nSPS) is 17.9. The molecule has 1 aliphatic heterocycles. The molecule has 90 valence electrons. The van der Waals surface area contributed by atoms with Crippen LogP contribution in [-0.4, -0.2) is 30.8 Å². The Morgan fingerprint density at radius 2 is 1.94 bits per heavy atom. The predicted molar refractivity (Wildman–Crippen MR) is 64.9 cm³/mol. The summed E-state index contributed by atoms with van der Waals surface area (Å²) >= 11 is 1.37. The van der Waals surface area contributed by atoms with Crippen LogP contribution in [0.4, 0.5) is 5.13 Å². The minimum Gasteiger partial charge on any atom is -0.246 e. The number of aromatic nitrogens is 1. The first-order valence-corrected chi connectivity index (χ1v) is 7.46. The lowest BCUT2D eigenvalue weighted by molar-refractivity contribution is 0.482. The van der Waals surface area contributed by atoms with E-state index in [1.807, 2.05) is 13.8 Å². The second-order valence-corrected chi connectivity index (χ2v) is 6.75. The van der Waals surface area contributed by atoms with E-state index in [1.54, 1.807) is 0 Å². The molecule has 0 amide bonds. The lowest BCUT2D eigenvalue weighted by atomic mass is 10.4. The van der Waals surface area contributed by atoms with Crippen LogP contribution < -0.4 is 4.72 Å². The average Bonchev–Trinajstić information content (AvgIpc) is 2.77. The van der Waals surface area contributed by atoms with Crippen LogP contribution in [0, 0.1) is 13.8 Å². The topological polar surface area (TPSA) is 62.3 Å². The van der Waals surface area contributed by atoms with Gasteiger partial charge < -0.3 is 0 Å². The summed E-state index contributed by atoms with van der Waals surface area (Å²) < 4.78 is 27.8. The molecule has 0 radical (unpaired) electrons. The summed E-state index contributed by atoms with van der Waals surface area (Å²) in [5, 5.41) is 0.460. The van der Waals surface area contributed by atoms with Gasteiger partial charge in [0.2, 0.25) is 0 Å². The zero-order valence-corrected chi connectivity index (χ0v) is 11.0. The lowest BCUT2D eigenvalue weighted by Crippen LogP contribution is -2.33. The van der Waals surface area contributed by atoms with Gasteiger partial charge in [0.1, 0.15) is 0 Å². The van der Waals surface area contributed by atoms with Gasteiger partial charge in [-0.15, -0.1) is 11.3 Å². The number of nitrogens with zero attached hydrogens (tertiary/aromatic N) is 2. The van der Waals surface area contributed by atoms with Crippen molar-refractivity contribution >= 4 is 26.7 Å². The molecule has 2 rings (SSSR count). The molecule has 0 aliphatic carbocycles. The van der Waals surface area contributed by atoms with Crippen molar-refractivity contribution in [3.63, 3.8) is 0 Å². The summed E-state index contributed by atoms with van der Waals surface area (Å²) in [4.78, 5) is 5.21. The Bertz CT molecular complexity index is 455. The zero-order valence-electron chi connectivity index (χ0n) is 9.36. The van der Waals surface area contributed by atoms with E-state index in [0.717, 1.165) is 23.4 Å². The van der Waals surface area contributed by atoms with Crippen LogP contribution in [0.3, 0.4) is 0 Å². The maximum absolute atomic E-state index is 11.9. The molecule has 0 bridgehead atoms. The number of aryl methyl sites for hydroxylation is 2. The van der Waals surface area contributed by atoms with Gasteiger partial charge in [-0.1, -0.05) is 0 Å². The van der Waals surface area contributed by atoms with Gasteiger partial charge in [-0.05, 0) is 26.7 Å². The van der Waals surface area contributed by atoms with Crippen LogP contribution in [0.2, 0.25) is 0 Å². The molecule has 1 aromatic rings. The molecular weight excluding hydrogens is 246 g/mol. The molecule has 0 unspecified atom stereocenters. The summed E-state index contributed by atoms with van der Waals surface area (Å²) in [5.74, 6) is 0. The van der Waals surface area contributed by atoms with Crippen LogP contribution in [0.25, 0.3) is 0 Å². The van der Waals surface area contributed by atoms with Crippen molar-refractivity contribution < 1.29 is 8.42 Å². The summed E-state index contributed by atoms with van der Waals surface area (Å²) in [5.41, 5.74) is 0.879. The Hall–Kier alpha value is -0.660. The van der Waals surface area contributed by atoms with Crippen LogP contribution in [0.5, 0.6) is 0 Å². The molecule has 0 atom stereocenters. The van der Waals surface area contributed by atoms with E-state index in [4.69, 9.17) is 0 Å². The number of hydrogen-bond donors (Lipinski definition) is 1. The maximum Gasteiger partial charge on any atom is 0.303 e.